The summed E-state index contributed by atoms with van der Waals surface area (Å²) in [5, 5.41) is 0. The van der Waals surface area contributed by atoms with E-state index in [1.807, 2.05) is 0 Å². The fourth-order valence-electron chi connectivity index (χ4n) is 3.70. The van der Waals surface area contributed by atoms with Crippen molar-refractivity contribution in [3.8, 4) is 0 Å². The van der Waals surface area contributed by atoms with Gasteiger partial charge in [0, 0.05) is 19.1 Å². The van der Waals surface area contributed by atoms with E-state index in [1.165, 1.54) is 64.7 Å². The molecule has 3 heteroatoms. The van der Waals surface area contributed by atoms with Crippen LogP contribution < -0.4 is 5.73 Å². The molecule has 106 valence electrons. The summed E-state index contributed by atoms with van der Waals surface area (Å²) < 4.78 is 0. The van der Waals surface area contributed by atoms with Gasteiger partial charge < -0.3 is 15.5 Å². The SMILES string of the molecule is CN1CCC(CN(C)CC2CCCC(N)C2)CC1. The third kappa shape index (κ3) is 4.52. The summed E-state index contributed by atoms with van der Waals surface area (Å²) in [6.07, 6.45) is 7.99. The van der Waals surface area contributed by atoms with Gasteiger partial charge in [0.25, 0.3) is 0 Å². The highest BCUT2D eigenvalue weighted by atomic mass is 15.1. The van der Waals surface area contributed by atoms with Crippen LogP contribution in [0.15, 0.2) is 0 Å². The van der Waals surface area contributed by atoms with Crippen molar-refractivity contribution >= 4 is 0 Å². The minimum atomic E-state index is 0.473. The van der Waals surface area contributed by atoms with Gasteiger partial charge in [0.1, 0.15) is 0 Å². The molecule has 2 fully saturated rings. The molecule has 0 radical (unpaired) electrons. The fraction of sp³-hybridized carbons (Fsp3) is 1.00. The van der Waals surface area contributed by atoms with Crippen molar-refractivity contribution in [2.75, 3.05) is 40.3 Å². The van der Waals surface area contributed by atoms with Crippen molar-refractivity contribution in [1.29, 1.82) is 0 Å². The quantitative estimate of drug-likeness (QED) is 0.829. The Labute approximate surface area is 113 Å². The molecule has 0 aromatic carbocycles. The Balaban J connectivity index is 1.66. The molecular weight excluding hydrogens is 222 g/mol. The molecule has 2 N–H and O–H groups in total. The van der Waals surface area contributed by atoms with Gasteiger partial charge in [-0.05, 0) is 71.1 Å². The second kappa shape index (κ2) is 6.88. The van der Waals surface area contributed by atoms with Crippen molar-refractivity contribution < 1.29 is 0 Å². The van der Waals surface area contributed by atoms with Crippen molar-refractivity contribution in [2.45, 2.75) is 44.6 Å². The average Bonchev–Trinajstić information content (AvgIpc) is 2.32. The number of nitrogens with zero attached hydrogens (tertiary/aromatic N) is 2. The summed E-state index contributed by atoms with van der Waals surface area (Å²) >= 11 is 0. The first kappa shape index (κ1) is 14.3. The maximum atomic E-state index is 6.08. The molecule has 0 aromatic heterocycles. The first-order valence-corrected chi connectivity index (χ1v) is 7.76. The highest BCUT2D eigenvalue weighted by molar-refractivity contribution is 4.78. The number of likely N-dealkylation sites (tertiary alicyclic amines) is 1. The zero-order valence-corrected chi connectivity index (χ0v) is 12.3. The summed E-state index contributed by atoms with van der Waals surface area (Å²) in [5.41, 5.74) is 6.08. The van der Waals surface area contributed by atoms with Gasteiger partial charge in [0.2, 0.25) is 0 Å². The smallest absolute Gasteiger partial charge is 0.00419 e. The van der Waals surface area contributed by atoms with E-state index in [0.29, 0.717) is 6.04 Å². The van der Waals surface area contributed by atoms with Gasteiger partial charge in [0.05, 0.1) is 0 Å². The van der Waals surface area contributed by atoms with Crippen LogP contribution in [0, 0.1) is 11.8 Å². The molecule has 0 spiro atoms. The number of nitrogens with two attached hydrogens (primary N) is 1. The molecule has 2 unspecified atom stereocenters. The molecule has 1 heterocycles. The van der Waals surface area contributed by atoms with E-state index in [9.17, 15) is 0 Å². The van der Waals surface area contributed by atoms with Gasteiger partial charge >= 0.3 is 0 Å². The first-order chi connectivity index (χ1) is 8.63. The average molecular weight is 253 g/mol. The molecule has 3 nitrogen and oxygen atoms in total. The monoisotopic (exact) mass is 253 g/mol. The van der Waals surface area contributed by atoms with Crippen LogP contribution in [0.5, 0.6) is 0 Å². The first-order valence-electron chi connectivity index (χ1n) is 7.76. The van der Waals surface area contributed by atoms with Gasteiger partial charge in [-0.1, -0.05) is 6.42 Å². The van der Waals surface area contributed by atoms with Gasteiger partial charge in [-0.15, -0.1) is 0 Å². The van der Waals surface area contributed by atoms with Crippen LogP contribution in [0.1, 0.15) is 38.5 Å². The lowest BCUT2D eigenvalue weighted by atomic mass is 9.85. The second-order valence-electron chi connectivity index (χ2n) is 6.76. The Bertz CT molecular complexity index is 236. The van der Waals surface area contributed by atoms with E-state index in [-0.39, 0.29) is 0 Å². The van der Waals surface area contributed by atoms with Crippen LogP contribution in [-0.4, -0.2) is 56.1 Å². The van der Waals surface area contributed by atoms with Gasteiger partial charge in [-0.25, -0.2) is 0 Å². The van der Waals surface area contributed by atoms with Gasteiger partial charge in [-0.2, -0.15) is 0 Å². The maximum Gasteiger partial charge on any atom is 0.00419 e. The molecule has 2 aliphatic rings. The zero-order chi connectivity index (χ0) is 13.0. The molecule has 2 rings (SSSR count). The van der Waals surface area contributed by atoms with Crippen molar-refractivity contribution in [3.05, 3.63) is 0 Å². The topological polar surface area (TPSA) is 32.5 Å². The molecule has 1 saturated carbocycles. The third-order valence-electron chi connectivity index (χ3n) is 4.80. The Kier molecular flexibility index (Phi) is 5.46. The molecule has 1 aliphatic carbocycles. The van der Waals surface area contributed by atoms with E-state index in [4.69, 9.17) is 5.73 Å². The summed E-state index contributed by atoms with van der Waals surface area (Å²) in [6, 6.07) is 0.473. The minimum Gasteiger partial charge on any atom is -0.328 e. The molecule has 1 aliphatic heterocycles. The van der Waals surface area contributed by atoms with Crippen LogP contribution >= 0.6 is 0 Å². The fourth-order valence-corrected chi connectivity index (χ4v) is 3.70. The highest BCUT2D eigenvalue weighted by Crippen LogP contribution is 2.24. The normalized spacial score (nSPS) is 32.0. The molecule has 0 bridgehead atoms. The van der Waals surface area contributed by atoms with Gasteiger partial charge in [-0.3, -0.25) is 0 Å². The van der Waals surface area contributed by atoms with Crippen LogP contribution in [0.4, 0.5) is 0 Å². The van der Waals surface area contributed by atoms with Crippen molar-refractivity contribution in [3.63, 3.8) is 0 Å². The standard InChI is InChI=1S/C15H31N3/c1-17-8-6-13(7-9-17)11-18(2)12-14-4-3-5-15(16)10-14/h13-15H,3-12,16H2,1-2H3. The number of hydrogen-bond acceptors (Lipinski definition) is 3. The van der Waals surface area contributed by atoms with Crippen LogP contribution in [-0.2, 0) is 0 Å². The molecule has 18 heavy (non-hydrogen) atoms. The number of hydrogen-bond donors (Lipinski definition) is 1. The van der Waals surface area contributed by atoms with Crippen molar-refractivity contribution in [2.24, 2.45) is 17.6 Å². The lowest BCUT2D eigenvalue weighted by Gasteiger charge is -2.34. The predicted molar refractivity (Wildman–Crippen MR) is 77.7 cm³/mol. The molecule has 1 saturated heterocycles. The third-order valence-corrected chi connectivity index (χ3v) is 4.80. The Morgan fingerprint density at radius 1 is 1.06 bits per heavy atom. The van der Waals surface area contributed by atoms with Crippen LogP contribution in [0.2, 0.25) is 0 Å². The summed E-state index contributed by atoms with van der Waals surface area (Å²) in [7, 11) is 4.54. The largest absolute Gasteiger partial charge is 0.328 e. The molecule has 0 amide bonds. The molecule has 2 atom stereocenters. The summed E-state index contributed by atoms with van der Waals surface area (Å²) in [6.45, 7) is 5.12. The van der Waals surface area contributed by atoms with E-state index in [2.05, 4.69) is 23.9 Å². The molecular formula is C15H31N3. The lowest BCUT2D eigenvalue weighted by Crippen LogP contribution is -2.39. The van der Waals surface area contributed by atoms with E-state index < -0.39 is 0 Å². The Hall–Kier alpha value is -0.120. The molecule has 0 aromatic rings. The highest BCUT2D eigenvalue weighted by Gasteiger charge is 2.22. The Morgan fingerprint density at radius 3 is 2.39 bits per heavy atom. The van der Waals surface area contributed by atoms with E-state index >= 15 is 0 Å². The number of rotatable bonds is 4. The van der Waals surface area contributed by atoms with E-state index in [0.717, 1.165) is 11.8 Å². The summed E-state index contributed by atoms with van der Waals surface area (Å²) in [5.74, 6) is 1.77. The lowest BCUT2D eigenvalue weighted by molar-refractivity contribution is 0.154. The van der Waals surface area contributed by atoms with Crippen LogP contribution in [0.3, 0.4) is 0 Å². The number of piperidine rings is 1. The van der Waals surface area contributed by atoms with Crippen LogP contribution in [0.25, 0.3) is 0 Å². The van der Waals surface area contributed by atoms with Gasteiger partial charge in [0.15, 0.2) is 0 Å². The maximum absolute atomic E-state index is 6.08. The second-order valence-corrected chi connectivity index (χ2v) is 6.76. The minimum absolute atomic E-state index is 0.473. The van der Waals surface area contributed by atoms with E-state index in [1.54, 1.807) is 0 Å². The summed E-state index contributed by atoms with van der Waals surface area (Å²) in [4.78, 5) is 5.02. The Morgan fingerprint density at radius 2 is 1.72 bits per heavy atom. The van der Waals surface area contributed by atoms with Crippen molar-refractivity contribution in [1.82, 2.24) is 9.80 Å². The predicted octanol–water partition coefficient (Wildman–Crippen LogP) is 1.78. The zero-order valence-electron chi connectivity index (χ0n) is 12.3.